The van der Waals surface area contributed by atoms with Crippen molar-refractivity contribution in [3.05, 3.63) is 11.5 Å². The first-order chi connectivity index (χ1) is 4.43. The van der Waals surface area contributed by atoms with Gasteiger partial charge in [0.2, 0.25) is 0 Å². The van der Waals surface area contributed by atoms with E-state index in [0.29, 0.717) is 0 Å². The van der Waals surface area contributed by atoms with Crippen LogP contribution in [0, 0.1) is 0 Å². The highest BCUT2D eigenvalue weighted by atomic mass is 32.2. The minimum absolute atomic E-state index is 1.00. The molecule has 0 saturated carbocycles. The standard InChI is InChI=1S/C6H9NS2/c1-2-4-8-6-7-3-5-9-6/h2,4H,3,5H2,1H3. The molecule has 1 nitrogen and oxygen atoms in total. The van der Waals surface area contributed by atoms with Crippen LogP contribution in [-0.2, 0) is 0 Å². The number of thioether (sulfide) groups is 2. The second-order valence-electron chi connectivity index (χ2n) is 1.58. The van der Waals surface area contributed by atoms with Crippen LogP contribution < -0.4 is 0 Å². The molecule has 3 heteroatoms. The van der Waals surface area contributed by atoms with Gasteiger partial charge < -0.3 is 0 Å². The largest absolute Gasteiger partial charge is 0.271 e. The Morgan fingerprint density at radius 3 is 3.22 bits per heavy atom. The molecule has 50 valence electrons. The lowest BCUT2D eigenvalue weighted by molar-refractivity contribution is 1.18. The van der Waals surface area contributed by atoms with Crippen LogP contribution in [-0.4, -0.2) is 16.7 Å². The highest BCUT2D eigenvalue weighted by Crippen LogP contribution is 2.22. The van der Waals surface area contributed by atoms with Crippen molar-refractivity contribution in [3.8, 4) is 0 Å². The van der Waals surface area contributed by atoms with Crippen LogP contribution in [0.15, 0.2) is 16.5 Å². The van der Waals surface area contributed by atoms with Crippen molar-refractivity contribution in [2.24, 2.45) is 4.99 Å². The molecule has 1 aliphatic rings. The number of allylic oxidation sites excluding steroid dienone is 1. The monoisotopic (exact) mass is 159 g/mol. The van der Waals surface area contributed by atoms with Gasteiger partial charge in [0.1, 0.15) is 4.38 Å². The maximum absolute atomic E-state index is 4.26. The summed E-state index contributed by atoms with van der Waals surface area (Å²) < 4.78 is 1.22. The SMILES string of the molecule is CC=CSC1=NCCS1. The topological polar surface area (TPSA) is 12.4 Å². The van der Waals surface area contributed by atoms with Crippen LogP contribution in [0.4, 0.5) is 0 Å². The van der Waals surface area contributed by atoms with Gasteiger partial charge in [0.15, 0.2) is 0 Å². The highest BCUT2D eigenvalue weighted by molar-refractivity contribution is 8.40. The Bertz CT molecular complexity index is 140. The first kappa shape index (κ1) is 7.22. The summed E-state index contributed by atoms with van der Waals surface area (Å²) in [6.45, 7) is 3.03. The lowest BCUT2D eigenvalue weighted by Crippen LogP contribution is -1.72. The van der Waals surface area contributed by atoms with Gasteiger partial charge in [0.05, 0.1) is 6.54 Å². The third-order valence-electron chi connectivity index (χ3n) is 0.863. The molecule has 1 heterocycles. The van der Waals surface area contributed by atoms with Gasteiger partial charge in [0.25, 0.3) is 0 Å². The molecule has 0 aromatic heterocycles. The minimum atomic E-state index is 1.00. The van der Waals surface area contributed by atoms with E-state index in [4.69, 9.17) is 0 Å². The van der Waals surface area contributed by atoms with Crippen molar-refractivity contribution in [2.75, 3.05) is 12.3 Å². The molecule has 0 spiro atoms. The van der Waals surface area contributed by atoms with Crippen LogP contribution in [0.2, 0.25) is 0 Å². The van der Waals surface area contributed by atoms with E-state index in [9.17, 15) is 0 Å². The zero-order valence-electron chi connectivity index (χ0n) is 5.33. The summed E-state index contributed by atoms with van der Waals surface area (Å²) in [6.07, 6.45) is 2.03. The molecule has 9 heavy (non-hydrogen) atoms. The first-order valence-electron chi connectivity index (χ1n) is 2.88. The fourth-order valence-electron chi connectivity index (χ4n) is 0.513. The van der Waals surface area contributed by atoms with Gasteiger partial charge in [0, 0.05) is 5.75 Å². The van der Waals surface area contributed by atoms with E-state index in [-0.39, 0.29) is 0 Å². The predicted octanol–water partition coefficient (Wildman–Crippen LogP) is 2.36. The van der Waals surface area contributed by atoms with Gasteiger partial charge >= 0.3 is 0 Å². The first-order valence-corrected chi connectivity index (χ1v) is 4.75. The molecule has 0 unspecified atom stereocenters. The van der Waals surface area contributed by atoms with E-state index in [2.05, 4.69) is 10.4 Å². The van der Waals surface area contributed by atoms with E-state index in [1.165, 1.54) is 10.1 Å². The average Bonchev–Trinajstić information content (AvgIpc) is 2.34. The van der Waals surface area contributed by atoms with Crippen LogP contribution in [0.1, 0.15) is 6.92 Å². The van der Waals surface area contributed by atoms with Gasteiger partial charge in [-0.1, -0.05) is 29.6 Å². The van der Waals surface area contributed by atoms with Gasteiger partial charge in [-0.05, 0) is 12.3 Å². The molecule has 0 bridgehead atoms. The predicted molar refractivity (Wildman–Crippen MR) is 47.2 cm³/mol. The van der Waals surface area contributed by atoms with Crippen molar-refractivity contribution in [1.29, 1.82) is 0 Å². The molecule has 0 aromatic rings. The molecule has 0 saturated heterocycles. The number of aliphatic imine (C=N–C) groups is 1. The molecule has 0 atom stereocenters. The maximum atomic E-state index is 4.26. The lowest BCUT2D eigenvalue weighted by atomic mass is 10.8. The van der Waals surface area contributed by atoms with E-state index >= 15 is 0 Å². The number of rotatable bonds is 1. The molecular formula is C6H9NS2. The molecule has 1 rings (SSSR count). The number of nitrogens with zero attached hydrogens (tertiary/aromatic N) is 1. The second-order valence-corrected chi connectivity index (χ2v) is 3.82. The molecule has 1 aliphatic heterocycles. The van der Waals surface area contributed by atoms with Crippen molar-refractivity contribution in [2.45, 2.75) is 6.92 Å². The summed E-state index contributed by atoms with van der Waals surface area (Å²) >= 11 is 3.56. The summed E-state index contributed by atoms with van der Waals surface area (Å²) in [4.78, 5) is 4.26. The second kappa shape index (κ2) is 4.01. The van der Waals surface area contributed by atoms with Crippen LogP contribution in [0.25, 0.3) is 0 Å². The maximum Gasteiger partial charge on any atom is 0.128 e. The van der Waals surface area contributed by atoms with Crippen molar-refractivity contribution >= 4 is 27.9 Å². The van der Waals surface area contributed by atoms with E-state index in [1.807, 2.05) is 24.8 Å². The van der Waals surface area contributed by atoms with Crippen molar-refractivity contribution in [3.63, 3.8) is 0 Å². The number of hydrogen-bond acceptors (Lipinski definition) is 3. The molecule has 0 amide bonds. The lowest BCUT2D eigenvalue weighted by Gasteiger charge is -1.88. The van der Waals surface area contributed by atoms with Crippen LogP contribution >= 0.6 is 23.5 Å². The zero-order chi connectivity index (χ0) is 6.53. The Balaban J connectivity index is 2.26. The highest BCUT2D eigenvalue weighted by Gasteiger charge is 2.03. The van der Waals surface area contributed by atoms with Gasteiger partial charge in [-0.2, -0.15) is 0 Å². The molecule has 0 fully saturated rings. The molecule has 0 N–H and O–H groups in total. The Hall–Kier alpha value is 0.110. The minimum Gasteiger partial charge on any atom is -0.271 e. The smallest absolute Gasteiger partial charge is 0.128 e. The van der Waals surface area contributed by atoms with Crippen LogP contribution in [0.5, 0.6) is 0 Å². The van der Waals surface area contributed by atoms with Gasteiger partial charge in [-0.15, -0.1) is 0 Å². The Morgan fingerprint density at radius 2 is 2.67 bits per heavy atom. The Kier molecular flexibility index (Phi) is 3.22. The van der Waals surface area contributed by atoms with Gasteiger partial charge in [-0.25, -0.2) is 0 Å². The normalized spacial score (nSPS) is 19.0. The quantitative estimate of drug-likeness (QED) is 0.582. The fourth-order valence-corrected chi connectivity index (χ4v) is 2.16. The number of hydrogen-bond donors (Lipinski definition) is 0. The summed E-state index contributed by atoms with van der Waals surface area (Å²) in [7, 11) is 0. The third kappa shape index (κ3) is 2.45. The molecule has 0 radical (unpaired) electrons. The fraction of sp³-hybridized carbons (Fsp3) is 0.500. The van der Waals surface area contributed by atoms with Gasteiger partial charge in [-0.3, -0.25) is 4.99 Å². The summed E-state index contributed by atoms with van der Waals surface area (Å²) in [5.41, 5.74) is 0. The van der Waals surface area contributed by atoms with E-state index < -0.39 is 0 Å². The zero-order valence-corrected chi connectivity index (χ0v) is 6.97. The van der Waals surface area contributed by atoms with Crippen molar-refractivity contribution < 1.29 is 0 Å². The molecule has 0 aromatic carbocycles. The molecular weight excluding hydrogens is 150 g/mol. The van der Waals surface area contributed by atoms with E-state index in [1.54, 1.807) is 11.8 Å². The average molecular weight is 159 g/mol. The Labute approximate surface area is 64.0 Å². The summed E-state index contributed by atoms with van der Waals surface area (Å²) in [6, 6.07) is 0. The summed E-state index contributed by atoms with van der Waals surface area (Å²) in [5.74, 6) is 1.17. The molecule has 0 aliphatic carbocycles. The van der Waals surface area contributed by atoms with Crippen LogP contribution in [0.3, 0.4) is 0 Å². The third-order valence-corrected chi connectivity index (χ3v) is 3.01. The summed E-state index contributed by atoms with van der Waals surface area (Å²) in [5, 5.41) is 2.07. The Morgan fingerprint density at radius 1 is 1.78 bits per heavy atom. The van der Waals surface area contributed by atoms with Crippen molar-refractivity contribution in [1.82, 2.24) is 0 Å². The van der Waals surface area contributed by atoms with E-state index in [0.717, 1.165) is 6.54 Å².